The van der Waals surface area contributed by atoms with E-state index in [-0.39, 0.29) is 0 Å². The van der Waals surface area contributed by atoms with Gasteiger partial charge in [-0.05, 0) is 7.05 Å². The molecule has 0 atom stereocenters. The Bertz CT molecular complexity index is 171. The van der Waals surface area contributed by atoms with E-state index in [0.29, 0.717) is 39.6 Å². The molecule has 0 heterocycles. The van der Waals surface area contributed by atoms with Crippen molar-refractivity contribution >= 4 is 0 Å². The maximum absolute atomic E-state index is 8.40. The SMILES string of the molecule is COCCOCCOCCN(C)CC#N. The second-order valence-electron chi connectivity index (χ2n) is 3.11. The van der Waals surface area contributed by atoms with Crippen LogP contribution in [0.2, 0.25) is 0 Å². The number of nitriles is 1. The average molecular weight is 216 g/mol. The Hall–Kier alpha value is -0.670. The topological polar surface area (TPSA) is 54.7 Å². The van der Waals surface area contributed by atoms with Gasteiger partial charge in [-0.15, -0.1) is 0 Å². The summed E-state index contributed by atoms with van der Waals surface area (Å²) >= 11 is 0. The molecule has 0 aromatic carbocycles. The quantitative estimate of drug-likeness (QED) is 0.383. The lowest BCUT2D eigenvalue weighted by atomic mass is 10.5. The first-order valence-corrected chi connectivity index (χ1v) is 5.01. The molecule has 0 aliphatic heterocycles. The molecular weight excluding hydrogens is 196 g/mol. The van der Waals surface area contributed by atoms with Gasteiger partial charge >= 0.3 is 0 Å². The molecule has 5 nitrogen and oxygen atoms in total. The summed E-state index contributed by atoms with van der Waals surface area (Å²) in [5.74, 6) is 0. The third-order valence-corrected chi connectivity index (χ3v) is 1.76. The van der Waals surface area contributed by atoms with Gasteiger partial charge in [0.1, 0.15) is 0 Å². The Kier molecular flexibility index (Phi) is 10.9. The Morgan fingerprint density at radius 3 is 2.27 bits per heavy atom. The number of methoxy groups -OCH3 is 1. The van der Waals surface area contributed by atoms with Crippen molar-refractivity contribution in [3.63, 3.8) is 0 Å². The summed E-state index contributed by atoms with van der Waals surface area (Å²) in [6, 6.07) is 2.07. The fourth-order valence-electron chi connectivity index (χ4n) is 0.884. The van der Waals surface area contributed by atoms with Crippen LogP contribution in [0.5, 0.6) is 0 Å². The second-order valence-corrected chi connectivity index (χ2v) is 3.11. The van der Waals surface area contributed by atoms with Crippen LogP contribution < -0.4 is 0 Å². The third-order valence-electron chi connectivity index (χ3n) is 1.76. The molecular formula is C10H20N2O3. The molecule has 88 valence electrons. The minimum Gasteiger partial charge on any atom is -0.382 e. The minimum atomic E-state index is 0.438. The lowest BCUT2D eigenvalue weighted by Gasteiger charge is -2.12. The summed E-state index contributed by atoms with van der Waals surface area (Å²) in [6.07, 6.45) is 0. The van der Waals surface area contributed by atoms with Crippen LogP contribution in [0.1, 0.15) is 0 Å². The van der Waals surface area contributed by atoms with Crippen LogP contribution in [0.3, 0.4) is 0 Å². The number of hydrogen-bond acceptors (Lipinski definition) is 5. The molecule has 0 aliphatic rings. The number of hydrogen-bond donors (Lipinski definition) is 0. The molecule has 5 heteroatoms. The van der Waals surface area contributed by atoms with Gasteiger partial charge in [-0.1, -0.05) is 0 Å². The highest BCUT2D eigenvalue weighted by molar-refractivity contribution is 4.73. The maximum Gasteiger partial charge on any atom is 0.0864 e. The highest BCUT2D eigenvalue weighted by atomic mass is 16.5. The van der Waals surface area contributed by atoms with Crippen LogP contribution in [0.4, 0.5) is 0 Å². The average Bonchev–Trinajstić information content (AvgIpc) is 2.22. The van der Waals surface area contributed by atoms with Gasteiger partial charge in [0.15, 0.2) is 0 Å². The van der Waals surface area contributed by atoms with Gasteiger partial charge in [-0.25, -0.2) is 0 Å². The predicted molar refractivity (Wildman–Crippen MR) is 56.6 cm³/mol. The molecule has 0 amide bonds. The Balaban J connectivity index is 3.02. The van der Waals surface area contributed by atoms with Gasteiger partial charge in [0.25, 0.3) is 0 Å². The van der Waals surface area contributed by atoms with Crippen molar-refractivity contribution < 1.29 is 14.2 Å². The molecule has 0 N–H and O–H groups in total. The Labute approximate surface area is 91.5 Å². The molecule has 0 aliphatic carbocycles. The van der Waals surface area contributed by atoms with Gasteiger partial charge < -0.3 is 14.2 Å². The fraction of sp³-hybridized carbons (Fsp3) is 0.900. The fourth-order valence-corrected chi connectivity index (χ4v) is 0.884. The van der Waals surface area contributed by atoms with Crippen molar-refractivity contribution in [2.45, 2.75) is 0 Å². The molecule has 0 fully saturated rings. The second kappa shape index (κ2) is 11.4. The zero-order valence-corrected chi connectivity index (χ0v) is 9.57. The first kappa shape index (κ1) is 14.3. The Morgan fingerprint density at radius 2 is 1.67 bits per heavy atom. The molecule has 0 rings (SSSR count). The molecule has 0 aromatic heterocycles. The van der Waals surface area contributed by atoms with E-state index in [9.17, 15) is 0 Å². The zero-order valence-electron chi connectivity index (χ0n) is 9.57. The molecule has 0 bridgehead atoms. The number of ether oxygens (including phenoxy) is 3. The maximum atomic E-state index is 8.40. The van der Waals surface area contributed by atoms with Gasteiger partial charge in [0, 0.05) is 13.7 Å². The number of likely N-dealkylation sites (N-methyl/N-ethyl adjacent to an activating group) is 1. The third kappa shape index (κ3) is 11.3. The van der Waals surface area contributed by atoms with Crippen LogP contribution in [-0.2, 0) is 14.2 Å². The summed E-state index contributed by atoms with van der Waals surface area (Å²) in [5, 5.41) is 8.40. The van der Waals surface area contributed by atoms with Crippen molar-refractivity contribution in [3.8, 4) is 6.07 Å². The lowest BCUT2D eigenvalue weighted by Crippen LogP contribution is -2.24. The van der Waals surface area contributed by atoms with Gasteiger partial charge in [-0.3, -0.25) is 4.90 Å². The van der Waals surface area contributed by atoms with Crippen LogP contribution in [0.15, 0.2) is 0 Å². The van der Waals surface area contributed by atoms with Crippen LogP contribution in [0, 0.1) is 11.3 Å². The monoisotopic (exact) mass is 216 g/mol. The minimum absolute atomic E-state index is 0.438. The highest BCUT2D eigenvalue weighted by Crippen LogP contribution is 1.83. The number of rotatable bonds is 10. The van der Waals surface area contributed by atoms with Crippen LogP contribution in [0.25, 0.3) is 0 Å². The highest BCUT2D eigenvalue weighted by Gasteiger charge is 1.96. The molecule has 0 spiro atoms. The van der Waals surface area contributed by atoms with E-state index in [2.05, 4.69) is 6.07 Å². The van der Waals surface area contributed by atoms with E-state index in [1.807, 2.05) is 11.9 Å². The van der Waals surface area contributed by atoms with Crippen LogP contribution in [-0.4, -0.2) is 65.2 Å². The van der Waals surface area contributed by atoms with E-state index in [1.54, 1.807) is 7.11 Å². The zero-order chi connectivity index (χ0) is 11.4. The number of nitrogens with zero attached hydrogens (tertiary/aromatic N) is 2. The van der Waals surface area contributed by atoms with Crippen LogP contribution >= 0.6 is 0 Å². The van der Waals surface area contributed by atoms with Gasteiger partial charge in [0.2, 0.25) is 0 Å². The molecule has 0 radical (unpaired) electrons. The summed E-state index contributed by atoms with van der Waals surface area (Å²) in [4.78, 5) is 1.91. The first-order chi connectivity index (χ1) is 7.31. The van der Waals surface area contributed by atoms with E-state index in [4.69, 9.17) is 19.5 Å². The predicted octanol–water partition coefficient (Wildman–Crippen LogP) is 0.121. The van der Waals surface area contributed by atoms with E-state index < -0.39 is 0 Å². The van der Waals surface area contributed by atoms with E-state index >= 15 is 0 Å². The summed E-state index contributed by atoms with van der Waals surface area (Å²) in [5.41, 5.74) is 0. The summed E-state index contributed by atoms with van der Waals surface area (Å²) < 4.78 is 15.4. The Morgan fingerprint density at radius 1 is 1.07 bits per heavy atom. The van der Waals surface area contributed by atoms with E-state index in [1.165, 1.54) is 0 Å². The smallest absolute Gasteiger partial charge is 0.0864 e. The molecule has 15 heavy (non-hydrogen) atoms. The van der Waals surface area contributed by atoms with Gasteiger partial charge in [0.05, 0.1) is 45.6 Å². The van der Waals surface area contributed by atoms with Crippen molar-refractivity contribution in [2.75, 3.05) is 60.3 Å². The van der Waals surface area contributed by atoms with Crippen molar-refractivity contribution in [2.24, 2.45) is 0 Å². The first-order valence-electron chi connectivity index (χ1n) is 5.01. The van der Waals surface area contributed by atoms with Crippen molar-refractivity contribution in [1.82, 2.24) is 4.90 Å². The standard InChI is InChI=1S/C10H20N2O3/c1-12(4-3-11)5-6-14-9-10-15-8-7-13-2/h4-10H2,1-2H3. The normalized spacial score (nSPS) is 10.5. The van der Waals surface area contributed by atoms with Crippen molar-refractivity contribution in [1.29, 1.82) is 5.26 Å². The summed E-state index contributed by atoms with van der Waals surface area (Å²) in [6.45, 7) is 4.24. The largest absolute Gasteiger partial charge is 0.382 e. The molecule has 0 unspecified atom stereocenters. The molecule has 0 saturated heterocycles. The van der Waals surface area contributed by atoms with E-state index in [0.717, 1.165) is 6.54 Å². The lowest BCUT2D eigenvalue weighted by molar-refractivity contribution is 0.0214. The molecule has 0 aromatic rings. The van der Waals surface area contributed by atoms with Crippen molar-refractivity contribution in [3.05, 3.63) is 0 Å². The summed E-state index contributed by atoms with van der Waals surface area (Å²) in [7, 11) is 3.53. The van der Waals surface area contributed by atoms with Gasteiger partial charge in [-0.2, -0.15) is 5.26 Å². The molecule has 0 saturated carbocycles.